The van der Waals surface area contributed by atoms with E-state index in [9.17, 15) is 0 Å². The molecule has 0 aromatic rings. The Bertz CT molecular complexity index is 264. The Labute approximate surface area is 101 Å². The maximum atomic E-state index is 6.20. The molecule has 0 aromatic carbocycles. The lowest BCUT2D eigenvalue weighted by atomic mass is 9.66. The Morgan fingerprint density at radius 2 is 1.56 bits per heavy atom. The second kappa shape index (κ2) is 4.18. The highest BCUT2D eigenvalue weighted by Crippen LogP contribution is 2.45. The molecule has 3 atom stereocenters. The molecule has 1 heterocycles. The van der Waals surface area contributed by atoms with Crippen molar-refractivity contribution in [2.75, 3.05) is 0 Å². The van der Waals surface area contributed by atoms with Gasteiger partial charge in [0.05, 0.1) is 12.2 Å². The molecule has 0 N–H and O–H groups in total. The minimum absolute atomic E-state index is 0.201. The average Bonchev–Trinajstić information content (AvgIpc) is 2.05. The molecule has 1 fully saturated rings. The molecular formula is C15H28O. The van der Waals surface area contributed by atoms with E-state index < -0.39 is 0 Å². The van der Waals surface area contributed by atoms with Crippen LogP contribution in [0.15, 0.2) is 12.2 Å². The van der Waals surface area contributed by atoms with E-state index in [-0.39, 0.29) is 16.9 Å². The topological polar surface area (TPSA) is 9.23 Å². The number of hydrogen-bond acceptors (Lipinski definition) is 1. The summed E-state index contributed by atoms with van der Waals surface area (Å²) in [6.45, 7) is 20.0. The van der Waals surface area contributed by atoms with Gasteiger partial charge in [0, 0.05) is 0 Å². The zero-order valence-corrected chi connectivity index (χ0v) is 12.1. The zero-order chi connectivity index (χ0) is 12.7. The van der Waals surface area contributed by atoms with Crippen molar-refractivity contribution in [3.63, 3.8) is 0 Å². The van der Waals surface area contributed by atoms with Crippen LogP contribution in [0.3, 0.4) is 0 Å². The van der Waals surface area contributed by atoms with Gasteiger partial charge in [0.25, 0.3) is 0 Å². The van der Waals surface area contributed by atoms with Crippen LogP contribution in [0.1, 0.15) is 54.9 Å². The van der Waals surface area contributed by atoms with Crippen LogP contribution in [0.4, 0.5) is 0 Å². The van der Waals surface area contributed by atoms with Gasteiger partial charge in [0.2, 0.25) is 0 Å². The fourth-order valence-electron chi connectivity index (χ4n) is 2.53. The molecule has 0 radical (unpaired) electrons. The normalized spacial score (nSPS) is 32.9. The third-order valence-corrected chi connectivity index (χ3v) is 3.74. The molecule has 94 valence electrons. The van der Waals surface area contributed by atoms with Gasteiger partial charge in [-0.2, -0.15) is 0 Å². The molecule has 0 amide bonds. The minimum atomic E-state index is 0.201. The van der Waals surface area contributed by atoms with Gasteiger partial charge in [0.1, 0.15) is 0 Å². The first-order chi connectivity index (χ1) is 7.03. The molecule has 1 aliphatic heterocycles. The van der Waals surface area contributed by atoms with Gasteiger partial charge in [-0.1, -0.05) is 48.1 Å². The van der Waals surface area contributed by atoms with Gasteiger partial charge in [0.15, 0.2) is 0 Å². The highest BCUT2D eigenvalue weighted by atomic mass is 16.5. The summed E-state index contributed by atoms with van der Waals surface area (Å²) < 4.78 is 6.20. The number of rotatable bonds is 0. The van der Waals surface area contributed by atoms with Crippen LogP contribution in [0.25, 0.3) is 0 Å². The first-order valence-electron chi connectivity index (χ1n) is 6.36. The van der Waals surface area contributed by atoms with Crippen LogP contribution in [0.2, 0.25) is 0 Å². The van der Waals surface area contributed by atoms with Gasteiger partial charge < -0.3 is 4.74 Å². The van der Waals surface area contributed by atoms with Crippen LogP contribution in [0.5, 0.6) is 0 Å². The zero-order valence-electron chi connectivity index (χ0n) is 12.1. The van der Waals surface area contributed by atoms with Crippen molar-refractivity contribution < 1.29 is 4.74 Å². The highest BCUT2D eigenvalue weighted by molar-refractivity contribution is 5.09. The smallest absolute Gasteiger partial charge is 0.0758 e. The quantitative estimate of drug-likeness (QED) is 0.553. The average molecular weight is 224 g/mol. The van der Waals surface area contributed by atoms with Crippen molar-refractivity contribution in [2.24, 2.45) is 16.7 Å². The Hall–Kier alpha value is -0.300. The van der Waals surface area contributed by atoms with Gasteiger partial charge in [-0.15, -0.1) is 0 Å². The van der Waals surface area contributed by atoms with Gasteiger partial charge in [-0.25, -0.2) is 0 Å². The van der Waals surface area contributed by atoms with E-state index in [4.69, 9.17) is 4.74 Å². The fourth-order valence-corrected chi connectivity index (χ4v) is 2.53. The van der Waals surface area contributed by atoms with E-state index in [2.05, 4.69) is 55.0 Å². The number of ether oxygens (including phenoxy) is 1. The van der Waals surface area contributed by atoms with Gasteiger partial charge in [-0.3, -0.25) is 0 Å². The lowest BCUT2D eigenvalue weighted by molar-refractivity contribution is -0.125. The van der Waals surface area contributed by atoms with E-state index in [0.29, 0.717) is 12.0 Å². The lowest BCUT2D eigenvalue weighted by Gasteiger charge is -2.48. The summed E-state index contributed by atoms with van der Waals surface area (Å²) in [5, 5.41) is 0. The van der Waals surface area contributed by atoms with Gasteiger partial charge in [-0.05, 0) is 35.7 Å². The predicted octanol–water partition coefficient (Wildman–Crippen LogP) is 4.43. The summed E-state index contributed by atoms with van der Waals surface area (Å²) >= 11 is 0. The molecule has 0 saturated carbocycles. The summed E-state index contributed by atoms with van der Waals surface area (Å²) in [6, 6.07) is 0. The van der Waals surface area contributed by atoms with Gasteiger partial charge >= 0.3 is 0 Å². The minimum Gasteiger partial charge on any atom is -0.370 e. The molecule has 1 rings (SSSR count). The van der Waals surface area contributed by atoms with Crippen LogP contribution in [-0.2, 0) is 4.74 Å². The van der Waals surface area contributed by atoms with Crippen molar-refractivity contribution in [1.29, 1.82) is 0 Å². The second-order valence-corrected chi connectivity index (χ2v) is 7.40. The van der Waals surface area contributed by atoms with Crippen LogP contribution >= 0.6 is 0 Å². The lowest BCUT2D eigenvalue weighted by Crippen LogP contribution is -2.48. The molecule has 1 aliphatic rings. The molecular weight excluding hydrogens is 196 g/mol. The molecule has 16 heavy (non-hydrogen) atoms. The van der Waals surface area contributed by atoms with E-state index in [0.717, 1.165) is 6.42 Å². The van der Waals surface area contributed by atoms with Crippen LogP contribution < -0.4 is 0 Å². The third kappa shape index (κ3) is 2.88. The Morgan fingerprint density at radius 3 is 1.94 bits per heavy atom. The predicted molar refractivity (Wildman–Crippen MR) is 70.5 cm³/mol. The maximum absolute atomic E-state index is 6.20. The number of hydrogen-bond donors (Lipinski definition) is 0. The molecule has 0 aromatic heterocycles. The Balaban J connectivity index is 2.98. The fraction of sp³-hybridized carbons (Fsp3) is 0.867. The molecule has 0 bridgehead atoms. The third-order valence-electron chi connectivity index (χ3n) is 3.74. The summed E-state index contributed by atoms with van der Waals surface area (Å²) in [4.78, 5) is 0. The first-order valence-corrected chi connectivity index (χ1v) is 6.36. The van der Waals surface area contributed by atoms with Crippen LogP contribution in [-0.4, -0.2) is 12.2 Å². The van der Waals surface area contributed by atoms with Crippen molar-refractivity contribution >= 4 is 0 Å². The van der Waals surface area contributed by atoms with Crippen molar-refractivity contribution in [1.82, 2.24) is 0 Å². The second-order valence-electron chi connectivity index (χ2n) is 7.40. The van der Waals surface area contributed by atoms with E-state index in [1.54, 1.807) is 0 Å². The van der Waals surface area contributed by atoms with E-state index in [1.807, 2.05) is 0 Å². The molecule has 0 spiro atoms. The van der Waals surface area contributed by atoms with Crippen molar-refractivity contribution in [3.8, 4) is 0 Å². The maximum Gasteiger partial charge on any atom is 0.0758 e. The Morgan fingerprint density at radius 1 is 1.06 bits per heavy atom. The largest absolute Gasteiger partial charge is 0.370 e. The molecule has 1 heteroatoms. The highest BCUT2D eigenvalue weighted by Gasteiger charge is 2.43. The van der Waals surface area contributed by atoms with E-state index >= 15 is 0 Å². The monoisotopic (exact) mass is 224 g/mol. The summed E-state index contributed by atoms with van der Waals surface area (Å²) in [5.41, 5.74) is 1.73. The van der Waals surface area contributed by atoms with Crippen molar-refractivity contribution in [3.05, 3.63) is 12.2 Å². The summed E-state index contributed by atoms with van der Waals surface area (Å²) in [6.07, 6.45) is 1.64. The van der Waals surface area contributed by atoms with Crippen LogP contribution in [0, 0.1) is 16.7 Å². The molecule has 1 saturated heterocycles. The first kappa shape index (κ1) is 13.8. The molecule has 1 nitrogen and oxygen atoms in total. The standard InChI is InChI=1S/C15H28O/c1-10-9-12(14(3,4)5)13(15(6,7)8)16-11(10)2/h11-13H,1,9H2,2-8H3. The Kier molecular flexibility index (Phi) is 3.59. The summed E-state index contributed by atoms with van der Waals surface area (Å²) in [7, 11) is 0. The molecule has 0 aliphatic carbocycles. The summed E-state index contributed by atoms with van der Waals surface area (Å²) in [5.74, 6) is 0.566. The van der Waals surface area contributed by atoms with E-state index in [1.165, 1.54) is 5.57 Å². The molecule has 3 unspecified atom stereocenters. The SMILES string of the molecule is C=C1CC(C(C)(C)C)C(C(C)(C)C)OC1C. The van der Waals surface area contributed by atoms with Crippen molar-refractivity contribution in [2.45, 2.75) is 67.1 Å².